The molecule has 2 N–H and O–H groups in total. The molecular formula is C30H25N3O9. The third-order valence-electron chi connectivity index (χ3n) is 7.89. The van der Waals surface area contributed by atoms with Crippen LogP contribution in [0.4, 0.5) is 11.4 Å². The first-order valence-electron chi connectivity index (χ1n) is 12.9. The quantitative estimate of drug-likeness (QED) is 0.134. The Balaban J connectivity index is 1.61. The number of fused-ring (bicyclic) bond motifs is 1. The second kappa shape index (κ2) is 10.6. The van der Waals surface area contributed by atoms with Crippen LogP contribution in [0.3, 0.4) is 0 Å². The summed E-state index contributed by atoms with van der Waals surface area (Å²) in [7, 11) is 1.24. The highest BCUT2D eigenvalue weighted by Crippen LogP contribution is 2.51. The number of imide groups is 1. The van der Waals surface area contributed by atoms with Crippen LogP contribution in [0.15, 0.2) is 72.8 Å². The van der Waals surface area contributed by atoms with Gasteiger partial charge in [-0.15, -0.1) is 0 Å². The lowest BCUT2D eigenvalue weighted by Crippen LogP contribution is -2.57. The van der Waals surface area contributed by atoms with Gasteiger partial charge in [-0.1, -0.05) is 24.3 Å². The highest BCUT2D eigenvalue weighted by atomic mass is 16.6. The number of carboxylic acids is 1. The van der Waals surface area contributed by atoms with Crippen LogP contribution in [0.1, 0.15) is 44.8 Å². The lowest BCUT2D eigenvalue weighted by atomic mass is 9.76. The Bertz CT molecular complexity index is 1620. The van der Waals surface area contributed by atoms with Gasteiger partial charge in [-0.2, -0.15) is 0 Å². The van der Waals surface area contributed by atoms with Crippen LogP contribution < -0.4 is 10.2 Å². The normalized spacial score (nSPS) is 23.0. The number of methoxy groups -OCH3 is 1. The summed E-state index contributed by atoms with van der Waals surface area (Å²) in [4.78, 5) is 76.3. The predicted molar refractivity (Wildman–Crippen MR) is 147 cm³/mol. The number of hydrogen-bond donors (Lipinski definition) is 2. The van der Waals surface area contributed by atoms with E-state index in [1.165, 1.54) is 74.7 Å². The molecule has 12 nitrogen and oxygen atoms in total. The molecule has 0 aromatic heterocycles. The minimum absolute atomic E-state index is 0.184. The zero-order chi connectivity index (χ0) is 30.3. The van der Waals surface area contributed by atoms with E-state index in [9.17, 15) is 39.2 Å². The standard InChI is InChI=1S/C30H25N3O9/c1-16(34)18-9-13-21(14-10-18)32-26(35)23-24(27(32)36)30(29(38)39,15-17-3-11-22(12-4-17)33(40)41)31-25(23)19-5-7-20(8-6-19)28(37)42-2/h3-14,23-25,31H,15H2,1-2H3,(H,38,39). The van der Waals surface area contributed by atoms with Gasteiger partial charge in [0.15, 0.2) is 5.78 Å². The zero-order valence-electron chi connectivity index (χ0n) is 22.5. The number of ether oxygens (including phenoxy) is 1. The number of nitrogens with zero attached hydrogens (tertiary/aromatic N) is 2. The van der Waals surface area contributed by atoms with Gasteiger partial charge in [0.2, 0.25) is 11.8 Å². The number of Topliss-reactive ketones (excluding diaryl/α,β-unsaturated/α-hetero) is 1. The lowest BCUT2D eigenvalue weighted by molar-refractivity contribution is -0.384. The summed E-state index contributed by atoms with van der Waals surface area (Å²) >= 11 is 0. The molecule has 2 heterocycles. The van der Waals surface area contributed by atoms with E-state index >= 15 is 0 Å². The third-order valence-corrected chi connectivity index (χ3v) is 7.89. The monoisotopic (exact) mass is 571 g/mol. The van der Waals surface area contributed by atoms with Gasteiger partial charge >= 0.3 is 11.9 Å². The van der Waals surface area contributed by atoms with Crippen LogP contribution in [0.5, 0.6) is 0 Å². The third kappa shape index (κ3) is 4.61. The number of benzene rings is 3. The number of carbonyl (C=O) groups excluding carboxylic acids is 4. The van der Waals surface area contributed by atoms with Gasteiger partial charge in [0.25, 0.3) is 5.69 Å². The van der Waals surface area contributed by atoms with E-state index in [2.05, 4.69) is 5.32 Å². The summed E-state index contributed by atoms with van der Waals surface area (Å²) in [6, 6.07) is 16.3. The van der Waals surface area contributed by atoms with Crippen molar-refractivity contribution >= 4 is 40.9 Å². The molecule has 4 atom stereocenters. The van der Waals surface area contributed by atoms with E-state index in [4.69, 9.17) is 4.74 Å². The molecule has 12 heteroatoms. The van der Waals surface area contributed by atoms with Crippen molar-refractivity contribution in [3.8, 4) is 0 Å². The van der Waals surface area contributed by atoms with Crippen molar-refractivity contribution in [1.29, 1.82) is 0 Å². The highest BCUT2D eigenvalue weighted by Gasteiger charge is 2.68. The second-order valence-corrected chi connectivity index (χ2v) is 10.2. The van der Waals surface area contributed by atoms with E-state index < -0.39 is 52.1 Å². The summed E-state index contributed by atoms with van der Waals surface area (Å²) < 4.78 is 4.74. The first-order valence-corrected chi connectivity index (χ1v) is 12.9. The first kappa shape index (κ1) is 28.3. The molecule has 214 valence electrons. The van der Waals surface area contributed by atoms with Gasteiger partial charge in [0.05, 0.1) is 35.1 Å². The molecule has 3 aromatic carbocycles. The van der Waals surface area contributed by atoms with Crippen molar-refractivity contribution in [3.05, 3.63) is 105 Å². The van der Waals surface area contributed by atoms with Crippen molar-refractivity contribution in [2.75, 3.05) is 12.0 Å². The Kier molecular flexibility index (Phi) is 7.17. The molecule has 2 amide bonds. The number of esters is 1. The topological polar surface area (TPSA) is 173 Å². The maximum Gasteiger partial charge on any atom is 0.337 e. The van der Waals surface area contributed by atoms with E-state index in [0.717, 1.165) is 4.90 Å². The van der Waals surface area contributed by atoms with Crippen LogP contribution in [0.2, 0.25) is 0 Å². The number of hydrogen-bond acceptors (Lipinski definition) is 9. The summed E-state index contributed by atoms with van der Waals surface area (Å²) in [5.74, 6) is -6.00. The summed E-state index contributed by atoms with van der Waals surface area (Å²) in [6.07, 6.45) is -0.256. The highest BCUT2D eigenvalue weighted by molar-refractivity contribution is 6.24. The largest absolute Gasteiger partial charge is 0.480 e. The Morgan fingerprint density at radius 3 is 2.07 bits per heavy atom. The van der Waals surface area contributed by atoms with E-state index in [-0.39, 0.29) is 29.1 Å². The maximum absolute atomic E-state index is 14.0. The Labute approximate surface area is 239 Å². The molecule has 5 rings (SSSR count). The average molecular weight is 572 g/mol. The number of amides is 2. The number of nitrogens with one attached hydrogen (secondary N) is 1. The van der Waals surface area contributed by atoms with E-state index in [0.29, 0.717) is 16.7 Å². The Morgan fingerprint density at radius 1 is 0.952 bits per heavy atom. The molecule has 2 saturated heterocycles. The lowest BCUT2D eigenvalue weighted by Gasteiger charge is -2.31. The molecule has 2 aliphatic heterocycles. The number of carboxylic acid groups (broad SMARTS) is 1. The molecule has 2 aliphatic rings. The van der Waals surface area contributed by atoms with Crippen molar-refractivity contribution < 1.29 is 38.7 Å². The molecule has 4 unspecified atom stereocenters. The first-order chi connectivity index (χ1) is 20.0. The molecule has 0 spiro atoms. The molecule has 0 saturated carbocycles. The molecule has 0 bridgehead atoms. The van der Waals surface area contributed by atoms with Crippen LogP contribution in [0, 0.1) is 22.0 Å². The molecular weight excluding hydrogens is 546 g/mol. The van der Waals surface area contributed by atoms with Crippen LogP contribution in [-0.2, 0) is 25.5 Å². The fourth-order valence-electron chi connectivity index (χ4n) is 5.83. The SMILES string of the molecule is COC(=O)c1ccc(C2NC(Cc3ccc([N+](=O)[O-])cc3)(C(=O)O)C3C(=O)N(c4ccc(C(C)=O)cc4)C(=O)C23)cc1. The van der Waals surface area contributed by atoms with Gasteiger partial charge in [-0.25, -0.2) is 9.69 Å². The van der Waals surface area contributed by atoms with E-state index in [1.54, 1.807) is 12.1 Å². The van der Waals surface area contributed by atoms with Crippen LogP contribution >= 0.6 is 0 Å². The summed E-state index contributed by atoms with van der Waals surface area (Å²) in [5, 5.41) is 24.8. The van der Waals surface area contributed by atoms with Gasteiger partial charge in [0, 0.05) is 30.2 Å². The number of ketones is 1. The van der Waals surface area contributed by atoms with Gasteiger partial charge < -0.3 is 9.84 Å². The number of nitro benzene ring substituents is 1. The van der Waals surface area contributed by atoms with Crippen LogP contribution in [0.25, 0.3) is 0 Å². The van der Waals surface area contributed by atoms with Gasteiger partial charge in [-0.05, 0) is 54.4 Å². The summed E-state index contributed by atoms with van der Waals surface area (Å²) in [5.41, 5.74) is -0.462. The number of rotatable bonds is 8. The van der Waals surface area contributed by atoms with Gasteiger partial charge in [0.1, 0.15) is 5.54 Å². The zero-order valence-corrected chi connectivity index (χ0v) is 22.5. The molecule has 0 radical (unpaired) electrons. The fraction of sp³-hybridized carbons (Fsp3) is 0.233. The number of carbonyl (C=O) groups is 5. The fourth-order valence-corrected chi connectivity index (χ4v) is 5.83. The van der Waals surface area contributed by atoms with Crippen molar-refractivity contribution in [2.24, 2.45) is 11.8 Å². The Morgan fingerprint density at radius 2 is 1.55 bits per heavy atom. The molecule has 0 aliphatic carbocycles. The Hall–Kier alpha value is -5.23. The average Bonchev–Trinajstić information content (AvgIpc) is 3.46. The number of anilines is 1. The van der Waals surface area contributed by atoms with Crippen molar-refractivity contribution in [3.63, 3.8) is 0 Å². The molecule has 3 aromatic rings. The van der Waals surface area contributed by atoms with Crippen molar-refractivity contribution in [1.82, 2.24) is 5.32 Å². The maximum atomic E-state index is 14.0. The number of aliphatic carboxylic acids is 1. The van der Waals surface area contributed by atoms with Crippen molar-refractivity contribution in [2.45, 2.75) is 24.9 Å². The minimum Gasteiger partial charge on any atom is -0.480 e. The predicted octanol–water partition coefficient (Wildman–Crippen LogP) is 3.10. The second-order valence-electron chi connectivity index (χ2n) is 10.2. The number of nitro groups is 1. The molecule has 42 heavy (non-hydrogen) atoms. The summed E-state index contributed by atoms with van der Waals surface area (Å²) in [6.45, 7) is 1.38. The number of non-ortho nitro benzene ring substituents is 1. The minimum atomic E-state index is -1.96. The van der Waals surface area contributed by atoms with E-state index in [1.807, 2.05) is 0 Å². The van der Waals surface area contributed by atoms with Crippen LogP contribution in [-0.4, -0.2) is 52.2 Å². The van der Waals surface area contributed by atoms with Gasteiger partial charge in [-0.3, -0.25) is 34.6 Å². The smallest absolute Gasteiger partial charge is 0.337 e. The molecule has 2 fully saturated rings.